The van der Waals surface area contributed by atoms with Crippen molar-refractivity contribution in [1.29, 1.82) is 0 Å². The predicted octanol–water partition coefficient (Wildman–Crippen LogP) is 5.89. The van der Waals surface area contributed by atoms with Crippen molar-refractivity contribution >= 4 is 34.0 Å². The quantitative estimate of drug-likeness (QED) is 0.443. The molecule has 3 aromatic heterocycles. The Morgan fingerprint density at radius 3 is 2.60 bits per heavy atom. The summed E-state index contributed by atoms with van der Waals surface area (Å²) in [5, 5.41) is 7.41. The van der Waals surface area contributed by atoms with Crippen molar-refractivity contribution in [3.05, 3.63) is 63.5 Å². The Morgan fingerprint density at radius 2 is 1.93 bits per heavy atom. The lowest BCUT2D eigenvalue weighted by molar-refractivity contribution is 0.102. The van der Waals surface area contributed by atoms with Crippen molar-refractivity contribution in [2.75, 3.05) is 5.32 Å². The molecule has 3 heterocycles. The molecule has 1 aromatic carbocycles. The summed E-state index contributed by atoms with van der Waals surface area (Å²) in [6.45, 7) is 7.96. The van der Waals surface area contributed by atoms with E-state index in [1.807, 2.05) is 33.8 Å². The van der Waals surface area contributed by atoms with E-state index in [9.17, 15) is 13.6 Å². The van der Waals surface area contributed by atoms with E-state index < -0.39 is 17.5 Å². The smallest absolute Gasteiger partial charge is 0.256 e. The van der Waals surface area contributed by atoms with Gasteiger partial charge in [0.15, 0.2) is 5.65 Å². The van der Waals surface area contributed by atoms with Crippen LogP contribution < -0.4 is 5.32 Å². The van der Waals surface area contributed by atoms with Crippen molar-refractivity contribution in [3.8, 4) is 11.3 Å². The Kier molecular flexibility index (Phi) is 5.11. The van der Waals surface area contributed by atoms with Gasteiger partial charge in [-0.15, -0.1) is 11.3 Å². The number of carbonyl (C=O) groups is 1. The highest BCUT2D eigenvalue weighted by molar-refractivity contribution is 7.12. The van der Waals surface area contributed by atoms with Gasteiger partial charge in [-0.2, -0.15) is 5.10 Å². The highest BCUT2D eigenvalue weighted by Gasteiger charge is 2.21. The molecule has 0 saturated carbocycles. The van der Waals surface area contributed by atoms with Gasteiger partial charge in [0.25, 0.3) is 5.91 Å². The number of fused-ring (bicyclic) bond motifs is 1. The van der Waals surface area contributed by atoms with Gasteiger partial charge < -0.3 is 5.32 Å². The third-order valence-corrected chi connectivity index (χ3v) is 5.76. The second-order valence-electron chi connectivity index (χ2n) is 7.38. The van der Waals surface area contributed by atoms with Crippen molar-refractivity contribution in [2.24, 2.45) is 0 Å². The molecule has 4 rings (SSSR count). The van der Waals surface area contributed by atoms with Gasteiger partial charge in [0.2, 0.25) is 0 Å². The van der Waals surface area contributed by atoms with Crippen LogP contribution in [0, 0.1) is 25.5 Å². The number of pyridine rings is 1. The number of nitrogens with zero attached hydrogens (tertiary/aromatic N) is 3. The fourth-order valence-electron chi connectivity index (χ4n) is 3.39. The second-order valence-corrected chi connectivity index (χ2v) is 8.84. The number of amides is 1. The molecular weight excluding hydrogens is 406 g/mol. The number of halogens is 2. The molecule has 5 nitrogen and oxygen atoms in total. The predicted molar refractivity (Wildman–Crippen MR) is 115 cm³/mol. The number of rotatable bonds is 4. The zero-order valence-electron chi connectivity index (χ0n) is 17.0. The van der Waals surface area contributed by atoms with E-state index in [4.69, 9.17) is 4.98 Å². The summed E-state index contributed by atoms with van der Waals surface area (Å²) < 4.78 is 29.3. The van der Waals surface area contributed by atoms with Gasteiger partial charge in [-0.05, 0) is 52.0 Å². The zero-order valence-corrected chi connectivity index (χ0v) is 17.8. The molecule has 0 aliphatic rings. The zero-order chi connectivity index (χ0) is 21.6. The van der Waals surface area contributed by atoms with Gasteiger partial charge in [0.05, 0.1) is 28.5 Å². The number of thiophene rings is 1. The van der Waals surface area contributed by atoms with E-state index in [1.54, 1.807) is 28.3 Å². The normalized spacial score (nSPS) is 11.4. The third kappa shape index (κ3) is 3.59. The molecular formula is C22H20F2N4OS. The average molecular weight is 426 g/mol. The maximum atomic E-state index is 14.1. The first-order chi connectivity index (χ1) is 14.2. The lowest BCUT2D eigenvalue weighted by Crippen LogP contribution is -2.14. The summed E-state index contributed by atoms with van der Waals surface area (Å²) in [7, 11) is 0. The lowest BCUT2D eigenvalue weighted by Gasteiger charge is -2.11. The van der Waals surface area contributed by atoms with Gasteiger partial charge >= 0.3 is 0 Å². The second kappa shape index (κ2) is 7.60. The highest BCUT2D eigenvalue weighted by atomic mass is 32.1. The fraction of sp³-hybridized carbons (Fsp3) is 0.227. The van der Waals surface area contributed by atoms with Crippen LogP contribution in [0.5, 0.6) is 0 Å². The lowest BCUT2D eigenvalue weighted by atomic mass is 10.1. The molecule has 30 heavy (non-hydrogen) atoms. The van der Waals surface area contributed by atoms with E-state index in [0.717, 1.165) is 33.5 Å². The summed E-state index contributed by atoms with van der Waals surface area (Å²) in [5.41, 5.74) is 2.22. The van der Waals surface area contributed by atoms with Crippen molar-refractivity contribution < 1.29 is 13.6 Å². The molecule has 0 radical (unpaired) electrons. The van der Waals surface area contributed by atoms with Crippen LogP contribution in [0.1, 0.15) is 40.0 Å². The summed E-state index contributed by atoms with van der Waals surface area (Å²) in [5.74, 6) is -1.90. The highest BCUT2D eigenvalue weighted by Crippen LogP contribution is 2.33. The molecule has 0 aliphatic carbocycles. The standard InChI is InChI=1S/C22H20F2N4OS/c1-11(2)28-21-17(10-25-28)16(9-19(26-21)15-7-12(3)30-13(15)4)22(29)27-20-8-14(23)5-6-18(20)24/h5-11H,1-4H3,(H,27,29). The topological polar surface area (TPSA) is 59.8 Å². The van der Waals surface area contributed by atoms with Crippen LogP contribution in [-0.4, -0.2) is 20.7 Å². The number of hydrogen-bond donors (Lipinski definition) is 1. The molecule has 1 amide bonds. The number of aryl methyl sites for hydroxylation is 2. The SMILES string of the molecule is Cc1cc(-c2cc(C(=O)Nc3cc(F)ccc3F)c3cnn(C(C)C)c3n2)c(C)s1. The van der Waals surface area contributed by atoms with Gasteiger partial charge in [0, 0.05) is 27.4 Å². The van der Waals surface area contributed by atoms with Crippen LogP contribution in [0.2, 0.25) is 0 Å². The van der Waals surface area contributed by atoms with Gasteiger partial charge in [-0.3, -0.25) is 4.79 Å². The first-order valence-electron chi connectivity index (χ1n) is 9.46. The van der Waals surface area contributed by atoms with Crippen molar-refractivity contribution in [3.63, 3.8) is 0 Å². The van der Waals surface area contributed by atoms with Crippen LogP contribution in [0.4, 0.5) is 14.5 Å². The van der Waals surface area contributed by atoms with Crippen molar-refractivity contribution in [2.45, 2.75) is 33.7 Å². The maximum absolute atomic E-state index is 14.1. The Morgan fingerprint density at radius 1 is 1.17 bits per heavy atom. The molecule has 4 aromatic rings. The van der Waals surface area contributed by atoms with E-state index in [-0.39, 0.29) is 11.7 Å². The number of nitrogens with one attached hydrogen (secondary N) is 1. The van der Waals surface area contributed by atoms with E-state index >= 15 is 0 Å². The molecule has 0 aliphatic heterocycles. The number of carbonyl (C=O) groups excluding carboxylic acids is 1. The first-order valence-corrected chi connectivity index (χ1v) is 10.3. The van der Waals surface area contributed by atoms with Crippen molar-refractivity contribution in [1.82, 2.24) is 14.8 Å². The first kappa shape index (κ1) is 20.2. The Bertz CT molecular complexity index is 1280. The molecule has 0 atom stereocenters. The molecule has 8 heteroatoms. The molecule has 0 bridgehead atoms. The molecule has 0 saturated heterocycles. The summed E-state index contributed by atoms with van der Waals surface area (Å²) in [4.78, 5) is 20.1. The molecule has 154 valence electrons. The van der Waals surface area contributed by atoms with Crippen LogP contribution in [-0.2, 0) is 0 Å². The summed E-state index contributed by atoms with van der Waals surface area (Å²) >= 11 is 1.65. The van der Waals surface area contributed by atoms with Gasteiger partial charge in [-0.25, -0.2) is 18.4 Å². The number of hydrogen-bond acceptors (Lipinski definition) is 4. The third-order valence-electron chi connectivity index (χ3n) is 4.79. The summed E-state index contributed by atoms with van der Waals surface area (Å²) in [6.07, 6.45) is 1.58. The largest absolute Gasteiger partial charge is 0.319 e. The minimum absolute atomic E-state index is 0.0344. The Balaban J connectivity index is 1.88. The average Bonchev–Trinajstić information content (AvgIpc) is 3.26. The Labute approximate surface area is 176 Å². The van der Waals surface area contributed by atoms with Gasteiger partial charge in [-0.1, -0.05) is 0 Å². The summed E-state index contributed by atoms with van der Waals surface area (Å²) in [6, 6.07) is 6.67. The van der Waals surface area contributed by atoms with Crippen LogP contribution in [0.15, 0.2) is 36.5 Å². The van der Waals surface area contributed by atoms with Crippen LogP contribution in [0.3, 0.4) is 0 Å². The molecule has 0 unspecified atom stereocenters. The number of benzene rings is 1. The number of aromatic nitrogens is 3. The Hall–Kier alpha value is -3.13. The van der Waals surface area contributed by atoms with Gasteiger partial charge in [0.1, 0.15) is 11.6 Å². The van der Waals surface area contributed by atoms with E-state index in [0.29, 0.717) is 22.3 Å². The van der Waals surface area contributed by atoms with Crippen LogP contribution >= 0.6 is 11.3 Å². The molecule has 0 fully saturated rings. The van der Waals surface area contributed by atoms with E-state index in [2.05, 4.69) is 10.4 Å². The van der Waals surface area contributed by atoms with E-state index in [1.165, 1.54) is 0 Å². The molecule has 1 N–H and O–H groups in total. The van der Waals surface area contributed by atoms with Crippen LogP contribution in [0.25, 0.3) is 22.3 Å². The monoisotopic (exact) mass is 426 g/mol. The minimum Gasteiger partial charge on any atom is -0.319 e. The molecule has 0 spiro atoms. The fourth-order valence-corrected chi connectivity index (χ4v) is 4.32. The maximum Gasteiger partial charge on any atom is 0.256 e. The number of anilines is 1. The minimum atomic E-state index is -0.711.